The molecule has 3 rings (SSSR count). The standard InChI is InChI=1S/C21H33N5O2.HI/c1-2-25-10-6-9-18(25)15-23-21(22)24-16-19(17-7-4-3-5-8-17)20(27)26-11-13-28-14-12-26;/h3-5,7-8,18-19H,2,6,9-16H2,1H3,(H3,22,23,24);1H. The summed E-state index contributed by atoms with van der Waals surface area (Å²) >= 11 is 0. The highest BCUT2D eigenvalue weighted by molar-refractivity contribution is 14.0. The zero-order valence-electron chi connectivity index (χ0n) is 17.3. The number of likely N-dealkylation sites (tertiary alicyclic amines) is 1. The van der Waals surface area contributed by atoms with E-state index < -0.39 is 0 Å². The van der Waals surface area contributed by atoms with Crippen LogP contribution in [0.3, 0.4) is 0 Å². The van der Waals surface area contributed by atoms with Gasteiger partial charge >= 0.3 is 0 Å². The van der Waals surface area contributed by atoms with Gasteiger partial charge in [-0.05, 0) is 31.5 Å². The number of nitrogens with one attached hydrogen (secondary N) is 1. The molecule has 2 atom stereocenters. The van der Waals surface area contributed by atoms with Crippen LogP contribution in [0.2, 0.25) is 0 Å². The first-order chi connectivity index (χ1) is 13.7. The minimum Gasteiger partial charge on any atom is -0.378 e. The summed E-state index contributed by atoms with van der Waals surface area (Å²) in [4.78, 5) is 21.9. The number of hydrogen-bond donors (Lipinski definition) is 2. The lowest BCUT2D eigenvalue weighted by Crippen LogP contribution is -2.44. The van der Waals surface area contributed by atoms with Crippen LogP contribution in [0.1, 0.15) is 31.2 Å². The number of rotatable bonds is 7. The Morgan fingerprint density at radius 3 is 2.69 bits per heavy atom. The smallest absolute Gasteiger partial charge is 0.232 e. The Bertz CT molecular complexity index is 652. The lowest BCUT2D eigenvalue weighted by molar-refractivity contribution is -0.136. The molecule has 0 aromatic heterocycles. The van der Waals surface area contributed by atoms with Gasteiger partial charge in [-0.3, -0.25) is 14.7 Å². The third kappa shape index (κ3) is 6.82. The second kappa shape index (κ2) is 12.3. The van der Waals surface area contributed by atoms with E-state index in [1.54, 1.807) is 0 Å². The van der Waals surface area contributed by atoms with Crippen molar-refractivity contribution >= 4 is 35.8 Å². The Morgan fingerprint density at radius 2 is 2.00 bits per heavy atom. The van der Waals surface area contributed by atoms with Crippen LogP contribution < -0.4 is 11.1 Å². The van der Waals surface area contributed by atoms with Gasteiger partial charge in [0.05, 0.1) is 25.7 Å². The molecule has 2 aliphatic heterocycles. The fourth-order valence-electron chi connectivity index (χ4n) is 4.03. The summed E-state index contributed by atoms with van der Waals surface area (Å²) in [5.74, 6) is 0.191. The Hall–Kier alpha value is -1.39. The van der Waals surface area contributed by atoms with Crippen molar-refractivity contribution in [1.82, 2.24) is 15.1 Å². The van der Waals surface area contributed by atoms with E-state index in [1.165, 1.54) is 12.8 Å². The van der Waals surface area contributed by atoms with Crippen LogP contribution in [0.4, 0.5) is 0 Å². The van der Waals surface area contributed by atoms with Crippen molar-refractivity contribution < 1.29 is 9.53 Å². The van der Waals surface area contributed by atoms with E-state index in [0.29, 0.717) is 44.8 Å². The number of morpholine rings is 1. The van der Waals surface area contributed by atoms with Gasteiger partial charge < -0.3 is 20.7 Å². The molecule has 1 amide bonds. The normalized spacial score (nSPS) is 21.5. The van der Waals surface area contributed by atoms with Gasteiger partial charge in [-0.1, -0.05) is 37.3 Å². The number of hydrogen-bond acceptors (Lipinski definition) is 4. The maximum atomic E-state index is 13.1. The fourth-order valence-corrected chi connectivity index (χ4v) is 4.03. The number of carbonyl (C=O) groups is 1. The molecular weight excluding hydrogens is 481 g/mol. The van der Waals surface area contributed by atoms with Crippen molar-refractivity contribution in [2.75, 3.05) is 52.5 Å². The van der Waals surface area contributed by atoms with E-state index in [9.17, 15) is 4.79 Å². The SMILES string of the molecule is CCN1CCCC1CNC(N)=NCC(C(=O)N1CCOCC1)c1ccccc1.I. The summed E-state index contributed by atoms with van der Waals surface area (Å²) in [7, 11) is 0. The number of carbonyl (C=O) groups excluding carboxylic acids is 1. The first kappa shape index (κ1) is 23.9. The van der Waals surface area contributed by atoms with Gasteiger partial charge in [0, 0.05) is 25.7 Å². The molecule has 0 spiro atoms. The second-order valence-corrected chi connectivity index (χ2v) is 7.43. The molecule has 1 aromatic carbocycles. The van der Waals surface area contributed by atoms with Gasteiger partial charge in [0.25, 0.3) is 0 Å². The maximum absolute atomic E-state index is 13.1. The zero-order chi connectivity index (χ0) is 19.8. The molecule has 162 valence electrons. The summed E-state index contributed by atoms with van der Waals surface area (Å²) < 4.78 is 5.38. The highest BCUT2D eigenvalue weighted by Crippen LogP contribution is 2.20. The van der Waals surface area contributed by atoms with Crippen LogP contribution in [0.25, 0.3) is 0 Å². The van der Waals surface area contributed by atoms with E-state index in [4.69, 9.17) is 10.5 Å². The molecule has 7 nitrogen and oxygen atoms in total. The van der Waals surface area contributed by atoms with Gasteiger partial charge in [0.1, 0.15) is 0 Å². The van der Waals surface area contributed by atoms with Gasteiger partial charge in [0.15, 0.2) is 5.96 Å². The average molecular weight is 515 g/mol. The summed E-state index contributed by atoms with van der Waals surface area (Å²) in [6, 6.07) is 10.4. The Labute approximate surface area is 191 Å². The lowest BCUT2D eigenvalue weighted by Gasteiger charge is -2.30. The van der Waals surface area contributed by atoms with Crippen LogP contribution in [0.15, 0.2) is 35.3 Å². The van der Waals surface area contributed by atoms with E-state index in [2.05, 4.69) is 22.1 Å². The molecule has 3 N–H and O–H groups in total. The molecule has 0 bridgehead atoms. The summed E-state index contributed by atoms with van der Waals surface area (Å²) in [5.41, 5.74) is 7.09. The minimum atomic E-state index is -0.321. The lowest BCUT2D eigenvalue weighted by atomic mass is 9.97. The topological polar surface area (TPSA) is 83.2 Å². The number of benzene rings is 1. The molecule has 2 fully saturated rings. The van der Waals surface area contributed by atoms with E-state index in [1.807, 2.05) is 35.2 Å². The largest absolute Gasteiger partial charge is 0.378 e. The number of nitrogens with zero attached hydrogens (tertiary/aromatic N) is 3. The van der Waals surface area contributed by atoms with Crippen molar-refractivity contribution in [2.45, 2.75) is 31.7 Å². The van der Waals surface area contributed by atoms with Gasteiger partial charge in [0.2, 0.25) is 5.91 Å². The van der Waals surface area contributed by atoms with Gasteiger partial charge in [-0.2, -0.15) is 0 Å². The molecular formula is C21H34IN5O2. The number of nitrogens with two attached hydrogens (primary N) is 1. The van der Waals surface area contributed by atoms with E-state index >= 15 is 0 Å². The highest BCUT2D eigenvalue weighted by atomic mass is 127. The first-order valence-corrected chi connectivity index (χ1v) is 10.4. The Morgan fingerprint density at radius 1 is 1.28 bits per heavy atom. The average Bonchev–Trinajstić information content (AvgIpc) is 3.21. The fraction of sp³-hybridized carbons (Fsp3) is 0.619. The maximum Gasteiger partial charge on any atom is 0.232 e. The number of guanidine groups is 1. The molecule has 29 heavy (non-hydrogen) atoms. The van der Waals surface area contributed by atoms with Gasteiger partial charge in [-0.15, -0.1) is 24.0 Å². The minimum absolute atomic E-state index is 0. The number of amides is 1. The van der Waals surface area contributed by atoms with Crippen molar-refractivity contribution in [2.24, 2.45) is 10.7 Å². The molecule has 2 unspecified atom stereocenters. The third-order valence-corrected chi connectivity index (χ3v) is 5.69. The summed E-state index contributed by atoms with van der Waals surface area (Å²) in [6.07, 6.45) is 2.43. The zero-order valence-corrected chi connectivity index (χ0v) is 19.6. The molecule has 2 saturated heterocycles. The quantitative estimate of drug-likeness (QED) is 0.328. The number of likely N-dealkylation sites (N-methyl/N-ethyl adjacent to an activating group) is 1. The Balaban J connectivity index is 0.00000300. The van der Waals surface area contributed by atoms with Crippen LogP contribution in [0, 0.1) is 0 Å². The van der Waals surface area contributed by atoms with Crippen molar-refractivity contribution in [3.05, 3.63) is 35.9 Å². The second-order valence-electron chi connectivity index (χ2n) is 7.43. The predicted octanol–water partition coefficient (Wildman–Crippen LogP) is 1.64. The van der Waals surface area contributed by atoms with Crippen LogP contribution in [-0.4, -0.2) is 80.2 Å². The number of halogens is 1. The third-order valence-electron chi connectivity index (χ3n) is 5.69. The Kier molecular flexibility index (Phi) is 10.2. The van der Waals surface area contributed by atoms with Crippen molar-refractivity contribution in [1.29, 1.82) is 0 Å². The molecule has 8 heteroatoms. The van der Waals surface area contributed by atoms with Gasteiger partial charge in [-0.25, -0.2) is 0 Å². The van der Waals surface area contributed by atoms with Crippen LogP contribution in [-0.2, 0) is 9.53 Å². The van der Waals surface area contributed by atoms with Crippen molar-refractivity contribution in [3.8, 4) is 0 Å². The van der Waals surface area contributed by atoms with E-state index in [-0.39, 0.29) is 35.8 Å². The predicted molar refractivity (Wildman–Crippen MR) is 127 cm³/mol. The number of ether oxygens (including phenoxy) is 1. The summed E-state index contributed by atoms with van der Waals surface area (Å²) in [5, 5.41) is 3.26. The van der Waals surface area contributed by atoms with Crippen LogP contribution >= 0.6 is 24.0 Å². The van der Waals surface area contributed by atoms with Crippen LogP contribution in [0.5, 0.6) is 0 Å². The number of aliphatic imine (C=N–C) groups is 1. The molecule has 2 aliphatic rings. The molecule has 2 heterocycles. The monoisotopic (exact) mass is 515 g/mol. The van der Waals surface area contributed by atoms with E-state index in [0.717, 1.165) is 25.2 Å². The highest BCUT2D eigenvalue weighted by Gasteiger charge is 2.27. The first-order valence-electron chi connectivity index (χ1n) is 10.4. The molecule has 0 saturated carbocycles. The summed E-state index contributed by atoms with van der Waals surface area (Å²) in [6.45, 7) is 8.01. The molecule has 1 aromatic rings. The molecule has 0 radical (unpaired) electrons. The van der Waals surface area contributed by atoms with Crippen molar-refractivity contribution in [3.63, 3.8) is 0 Å². The molecule has 0 aliphatic carbocycles.